The predicted molar refractivity (Wildman–Crippen MR) is 77.4 cm³/mol. The predicted octanol–water partition coefficient (Wildman–Crippen LogP) is 2.25. The third-order valence-corrected chi connectivity index (χ3v) is 5.62. The second kappa shape index (κ2) is 4.80. The zero-order valence-corrected chi connectivity index (χ0v) is 12.6. The molecule has 1 aromatic carbocycles. The molecule has 0 atom stereocenters. The van der Waals surface area contributed by atoms with Crippen LogP contribution in [0.15, 0.2) is 23.1 Å². The highest BCUT2D eigenvalue weighted by Crippen LogP contribution is 2.33. The smallest absolute Gasteiger partial charge is 0.243 e. The monoisotopic (exact) mass is 282 g/mol. The van der Waals surface area contributed by atoms with Crippen molar-refractivity contribution in [3.05, 3.63) is 23.8 Å². The SMILES string of the molecule is CCc1ccc(S(=O)(=O)N2CCC(C)(C)C2)cc1N. The highest BCUT2D eigenvalue weighted by Gasteiger charge is 2.36. The first-order valence-electron chi connectivity index (χ1n) is 6.65. The lowest BCUT2D eigenvalue weighted by molar-refractivity contribution is 0.375. The number of aryl methyl sites for hydroxylation is 1. The average molecular weight is 282 g/mol. The molecule has 0 spiro atoms. The highest BCUT2D eigenvalue weighted by molar-refractivity contribution is 7.89. The molecular formula is C14H22N2O2S. The second-order valence-electron chi connectivity index (χ2n) is 5.97. The molecule has 1 aromatic rings. The summed E-state index contributed by atoms with van der Waals surface area (Å²) < 4.78 is 26.7. The number of sulfonamides is 1. The Hall–Kier alpha value is -1.07. The van der Waals surface area contributed by atoms with Crippen LogP contribution < -0.4 is 5.73 Å². The molecule has 1 aliphatic heterocycles. The van der Waals surface area contributed by atoms with Crippen LogP contribution in [0.5, 0.6) is 0 Å². The molecule has 0 saturated carbocycles. The molecule has 4 nitrogen and oxygen atoms in total. The van der Waals surface area contributed by atoms with Gasteiger partial charge in [0, 0.05) is 18.8 Å². The van der Waals surface area contributed by atoms with Gasteiger partial charge in [-0.25, -0.2) is 8.42 Å². The summed E-state index contributed by atoms with van der Waals surface area (Å²) in [5.74, 6) is 0. The minimum atomic E-state index is -3.40. The highest BCUT2D eigenvalue weighted by atomic mass is 32.2. The van der Waals surface area contributed by atoms with E-state index in [1.807, 2.05) is 13.0 Å². The summed E-state index contributed by atoms with van der Waals surface area (Å²) in [5, 5.41) is 0. The van der Waals surface area contributed by atoms with E-state index in [1.54, 1.807) is 16.4 Å². The minimum absolute atomic E-state index is 0.0575. The van der Waals surface area contributed by atoms with Crippen LogP contribution in [0.2, 0.25) is 0 Å². The number of nitrogen functional groups attached to an aromatic ring is 1. The van der Waals surface area contributed by atoms with Crippen molar-refractivity contribution in [2.24, 2.45) is 5.41 Å². The Morgan fingerprint density at radius 1 is 1.37 bits per heavy atom. The van der Waals surface area contributed by atoms with E-state index in [1.165, 1.54) is 0 Å². The maximum Gasteiger partial charge on any atom is 0.243 e. The Kier molecular flexibility index (Phi) is 3.62. The summed E-state index contributed by atoms with van der Waals surface area (Å²) in [5.41, 5.74) is 7.50. The van der Waals surface area contributed by atoms with Crippen molar-refractivity contribution >= 4 is 15.7 Å². The van der Waals surface area contributed by atoms with Crippen LogP contribution in [0.1, 0.15) is 32.8 Å². The van der Waals surface area contributed by atoms with Crippen LogP contribution in [0.4, 0.5) is 5.69 Å². The lowest BCUT2D eigenvalue weighted by atomic mass is 9.93. The Bertz CT molecular complexity index is 579. The zero-order chi connectivity index (χ0) is 14.3. The number of anilines is 1. The molecule has 1 fully saturated rings. The number of benzene rings is 1. The fourth-order valence-corrected chi connectivity index (χ4v) is 4.14. The first-order valence-corrected chi connectivity index (χ1v) is 8.09. The van der Waals surface area contributed by atoms with Gasteiger partial charge in [-0.3, -0.25) is 0 Å². The molecule has 2 rings (SSSR count). The van der Waals surface area contributed by atoms with Gasteiger partial charge in [-0.2, -0.15) is 4.31 Å². The fourth-order valence-electron chi connectivity index (χ4n) is 2.47. The molecule has 0 radical (unpaired) electrons. The third-order valence-electron chi connectivity index (χ3n) is 3.78. The van der Waals surface area contributed by atoms with Crippen LogP contribution in [-0.2, 0) is 16.4 Å². The van der Waals surface area contributed by atoms with Gasteiger partial charge < -0.3 is 5.73 Å². The lowest BCUT2D eigenvalue weighted by Crippen LogP contribution is -2.30. The first-order chi connectivity index (χ1) is 8.76. The van der Waals surface area contributed by atoms with E-state index in [9.17, 15) is 8.42 Å². The van der Waals surface area contributed by atoms with Crippen LogP contribution >= 0.6 is 0 Å². The summed E-state index contributed by atoms with van der Waals surface area (Å²) in [6.07, 6.45) is 1.71. The summed E-state index contributed by atoms with van der Waals surface area (Å²) in [6.45, 7) is 7.35. The Balaban J connectivity index is 2.33. The molecule has 0 unspecified atom stereocenters. The molecule has 0 aliphatic carbocycles. The van der Waals surface area contributed by atoms with E-state index in [0.29, 0.717) is 23.7 Å². The molecule has 0 aromatic heterocycles. The quantitative estimate of drug-likeness (QED) is 0.865. The molecule has 1 aliphatic rings. The second-order valence-corrected chi connectivity index (χ2v) is 7.90. The molecule has 19 heavy (non-hydrogen) atoms. The molecule has 5 heteroatoms. The lowest BCUT2D eigenvalue weighted by Gasteiger charge is -2.20. The molecule has 0 bridgehead atoms. The van der Waals surface area contributed by atoms with E-state index >= 15 is 0 Å². The minimum Gasteiger partial charge on any atom is -0.398 e. The Morgan fingerprint density at radius 3 is 2.53 bits per heavy atom. The van der Waals surface area contributed by atoms with E-state index < -0.39 is 10.0 Å². The van der Waals surface area contributed by atoms with E-state index in [0.717, 1.165) is 18.4 Å². The standard InChI is InChI=1S/C14H22N2O2S/c1-4-11-5-6-12(9-13(11)15)19(17,18)16-8-7-14(2,3)10-16/h5-6,9H,4,7-8,10,15H2,1-3H3. The van der Waals surface area contributed by atoms with Gasteiger partial charge in [0.1, 0.15) is 0 Å². The number of hydrogen-bond acceptors (Lipinski definition) is 3. The van der Waals surface area contributed by atoms with Crippen molar-refractivity contribution in [1.29, 1.82) is 0 Å². The van der Waals surface area contributed by atoms with E-state index in [-0.39, 0.29) is 5.41 Å². The number of hydrogen-bond donors (Lipinski definition) is 1. The van der Waals surface area contributed by atoms with Gasteiger partial charge in [0.2, 0.25) is 10.0 Å². The van der Waals surface area contributed by atoms with Crippen molar-refractivity contribution in [1.82, 2.24) is 4.31 Å². The third kappa shape index (κ3) is 2.77. The van der Waals surface area contributed by atoms with Gasteiger partial charge in [0.15, 0.2) is 0 Å². The van der Waals surface area contributed by atoms with Crippen molar-refractivity contribution in [2.75, 3.05) is 18.8 Å². The normalized spacial score (nSPS) is 19.7. The van der Waals surface area contributed by atoms with E-state index in [2.05, 4.69) is 13.8 Å². The molecule has 1 saturated heterocycles. The van der Waals surface area contributed by atoms with E-state index in [4.69, 9.17) is 5.73 Å². The van der Waals surface area contributed by atoms with Crippen LogP contribution in [0.3, 0.4) is 0 Å². The summed E-state index contributed by atoms with van der Waals surface area (Å²) in [4.78, 5) is 0.305. The zero-order valence-electron chi connectivity index (χ0n) is 11.8. The van der Waals surface area contributed by atoms with Crippen LogP contribution in [0.25, 0.3) is 0 Å². The molecule has 1 heterocycles. The molecular weight excluding hydrogens is 260 g/mol. The van der Waals surface area contributed by atoms with Gasteiger partial charge in [-0.05, 0) is 36.0 Å². The number of nitrogens with zero attached hydrogens (tertiary/aromatic N) is 1. The number of nitrogens with two attached hydrogens (primary N) is 1. The van der Waals surface area contributed by atoms with Gasteiger partial charge in [-0.15, -0.1) is 0 Å². The van der Waals surface area contributed by atoms with Crippen molar-refractivity contribution in [2.45, 2.75) is 38.5 Å². The van der Waals surface area contributed by atoms with Crippen molar-refractivity contribution in [3.63, 3.8) is 0 Å². The Labute approximate surface area is 115 Å². The molecule has 106 valence electrons. The Morgan fingerprint density at radius 2 is 2.05 bits per heavy atom. The number of rotatable bonds is 3. The van der Waals surface area contributed by atoms with Gasteiger partial charge >= 0.3 is 0 Å². The maximum atomic E-state index is 12.5. The summed E-state index contributed by atoms with van der Waals surface area (Å²) in [7, 11) is -3.40. The van der Waals surface area contributed by atoms with Crippen LogP contribution in [-0.4, -0.2) is 25.8 Å². The van der Waals surface area contributed by atoms with Crippen molar-refractivity contribution < 1.29 is 8.42 Å². The maximum absolute atomic E-state index is 12.5. The van der Waals surface area contributed by atoms with Gasteiger partial charge in [-0.1, -0.05) is 26.8 Å². The fraction of sp³-hybridized carbons (Fsp3) is 0.571. The van der Waals surface area contributed by atoms with Crippen molar-refractivity contribution in [3.8, 4) is 0 Å². The molecule has 0 amide bonds. The topological polar surface area (TPSA) is 63.4 Å². The van der Waals surface area contributed by atoms with Gasteiger partial charge in [0.05, 0.1) is 4.90 Å². The largest absolute Gasteiger partial charge is 0.398 e. The average Bonchev–Trinajstić information content (AvgIpc) is 2.70. The summed E-state index contributed by atoms with van der Waals surface area (Å²) >= 11 is 0. The van der Waals surface area contributed by atoms with Gasteiger partial charge in [0.25, 0.3) is 0 Å². The summed E-state index contributed by atoms with van der Waals surface area (Å²) in [6, 6.07) is 5.05. The van der Waals surface area contributed by atoms with Crippen LogP contribution in [0, 0.1) is 5.41 Å². The first kappa shape index (κ1) is 14.3. The molecule has 2 N–H and O–H groups in total.